The van der Waals surface area contributed by atoms with E-state index in [9.17, 15) is 18.5 Å². The molecule has 124 valence electrons. The summed E-state index contributed by atoms with van der Waals surface area (Å²) in [6, 6.07) is 3.39. The Bertz CT molecular complexity index is 648. The number of halogens is 2. The van der Waals surface area contributed by atoms with Crippen LogP contribution in [-0.2, 0) is 10.0 Å². The topological polar surface area (TPSA) is 92.6 Å². The summed E-state index contributed by atoms with van der Waals surface area (Å²) in [5, 5.41) is 14.3. The van der Waals surface area contributed by atoms with E-state index in [1.165, 1.54) is 17.4 Å². The summed E-state index contributed by atoms with van der Waals surface area (Å²) >= 11 is 5.80. The maximum Gasteiger partial charge on any atom is 0.289 e. The van der Waals surface area contributed by atoms with Crippen molar-refractivity contribution in [2.24, 2.45) is 0 Å². The summed E-state index contributed by atoms with van der Waals surface area (Å²) in [5.41, 5.74) is -0.458. The van der Waals surface area contributed by atoms with Gasteiger partial charge in [-0.1, -0.05) is 11.6 Å². The van der Waals surface area contributed by atoms with E-state index in [0.29, 0.717) is 12.8 Å². The van der Waals surface area contributed by atoms with Crippen molar-refractivity contribution in [2.45, 2.75) is 23.8 Å². The molecule has 0 amide bonds. The Morgan fingerprint density at radius 1 is 1.36 bits per heavy atom. The molecule has 0 spiro atoms. The lowest BCUT2D eigenvalue weighted by molar-refractivity contribution is -0.387. The maximum absolute atomic E-state index is 12.7. The van der Waals surface area contributed by atoms with Crippen LogP contribution < -0.4 is 5.32 Å². The van der Waals surface area contributed by atoms with Gasteiger partial charge in [0.2, 0.25) is 10.0 Å². The first-order valence-electron chi connectivity index (χ1n) is 6.46. The predicted molar refractivity (Wildman–Crippen MR) is 86.2 cm³/mol. The minimum atomic E-state index is -3.96. The highest BCUT2D eigenvalue weighted by atomic mass is 35.5. The molecule has 0 unspecified atom stereocenters. The third-order valence-electron chi connectivity index (χ3n) is 3.60. The summed E-state index contributed by atoms with van der Waals surface area (Å²) in [6.07, 6.45) is 1.34. The predicted octanol–water partition coefficient (Wildman–Crippen LogP) is 2.04. The standard InChI is InChI=1S/C12H16ClN3O4S.ClH/c1-15(10-4-6-14-7-5-10)21(19,20)12-8-9(13)2-3-11(12)16(17)18;/h2-3,8,10,14H,4-7H2,1H3;1H. The highest BCUT2D eigenvalue weighted by Crippen LogP contribution is 2.30. The SMILES string of the molecule is CN(C1CCNCC1)S(=O)(=O)c1cc(Cl)ccc1[N+](=O)[O-].Cl. The normalized spacial score (nSPS) is 16.3. The Balaban J connectivity index is 0.00000242. The van der Waals surface area contributed by atoms with Crippen molar-refractivity contribution in [2.75, 3.05) is 20.1 Å². The highest BCUT2D eigenvalue weighted by molar-refractivity contribution is 7.89. The smallest absolute Gasteiger partial charge is 0.289 e. The number of nitro groups is 1. The molecule has 1 aromatic rings. The van der Waals surface area contributed by atoms with Crippen molar-refractivity contribution in [1.29, 1.82) is 0 Å². The second-order valence-corrected chi connectivity index (χ2v) is 7.27. The fraction of sp³-hybridized carbons (Fsp3) is 0.500. The van der Waals surface area contributed by atoms with Gasteiger partial charge in [-0.3, -0.25) is 10.1 Å². The second-order valence-electron chi connectivity index (χ2n) is 4.87. The molecule has 7 nitrogen and oxygen atoms in total. The molecular weight excluding hydrogens is 353 g/mol. The zero-order chi connectivity index (χ0) is 15.6. The van der Waals surface area contributed by atoms with Crippen LogP contribution >= 0.6 is 24.0 Å². The summed E-state index contributed by atoms with van der Waals surface area (Å²) in [4.78, 5) is 9.98. The third kappa shape index (κ3) is 3.88. The van der Waals surface area contributed by atoms with E-state index < -0.39 is 20.6 Å². The molecule has 0 bridgehead atoms. The van der Waals surface area contributed by atoms with E-state index in [4.69, 9.17) is 11.6 Å². The lowest BCUT2D eigenvalue weighted by Crippen LogP contribution is -2.44. The molecule has 0 aromatic heterocycles. The third-order valence-corrected chi connectivity index (χ3v) is 5.77. The van der Waals surface area contributed by atoms with Gasteiger partial charge >= 0.3 is 0 Å². The summed E-state index contributed by atoms with van der Waals surface area (Å²) in [6.45, 7) is 1.45. The molecule has 1 aliphatic heterocycles. The average Bonchev–Trinajstić information content (AvgIpc) is 2.47. The number of rotatable bonds is 4. The minimum absolute atomic E-state index is 0. The van der Waals surface area contributed by atoms with E-state index in [2.05, 4.69) is 5.32 Å². The molecule has 0 atom stereocenters. The quantitative estimate of drug-likeness (QED) is 0.647. The van der Waals surface area contributed by atoms with Gasteiger partial charge in [0.15, 0.2) is 4.90 Å². The Morgan fingerprint density at radius 3 is 2.50 bits per heavy atom. The van der Waals surface area contributed by atoms with Crippen LogP contribution in [0.4, 0.5) is 5.69 Å². The molecular formula is C12H17Cl2N3O4S. The van der Waals surface area contributed by atoms with Crippen molar-refractivity contribution in [3.63, 3.8) is 0 Å². The number of piperidine rings is 1. The van der Waals surface area contributed by atoms with Crippen molar-refractivity contribution >= 4 is 39.7 Å². The molecule has 1 saturated heterocycles. The van der Waals surface area contributed by atoms with Crippen molar-refractivity contribution in [3.8, 4) is 0 Å². The Kier molecular flexibility index (Phi) is 6.57. The van der Waals surface area contributed by atoms with Crippen LogP contribution in [0.2, 0.25) is 5.02 Å². The number of nitro benzene ring substituents is 1. The second kappa shape index (κ2) is 7.56. The highest BCUT2D eigenvalue weighted by Gasteiger charge is 2.34. The number of benzene rings is 1. The number of hydrogen-bond acceptors (Lipinski definition) is 5. The molecule has 10 heteroatoms. The minimum Gasteiger partial charge on any atom is -0.317 e. The first-order chi connectivity index (χ1) is 9.84. The van der Waals surface area contributed by atoms with Crippen LogP contribution in [0, 0.1) is 10.1 Å². The van der Waals surface area contributed by atoms with Gasteiger partial charge in [-0.25, -0.2) is 8.42 Å². The Morgan fingerprint density at radius 2 is 1.95 bits per heavy atom. The van der Waals surface area contributed by atoms with Gasteiger partial charge in [0, 0.05) is 24.2 Å². The fourth-order valence-corrected chi connectivity index (χ4v) is 4.20. The first-order valence-corrected chi connectivity index (χ1v) is 8.28. The van der Waals surface area contributed by atoms with Gasteiger partial charge in [-0.05, 0) is 38.1 Å². The van der Waals surface area contributed by atoms with Crippen LogP contribution in [-0.4, -0.2) is 43.8 Å². The van der Waals surface area contributed by atoms with E-state index >= 15 is 0 Å². The summed E-state index contributed by atoms with van der Waals surface area (Å²) < 4.78 is 26.5. The van der Waals surface area contributed by atoms with E-state index in [-0.39, 0.29) is 28.4 Å². The largest absolute Gasteiger partial charge is 0.317 e. The van der Waals surface area contributed by atoms with Crippen molar-refractivity contribution < 1.29 is 13.3 Å². The van der Waals surface area contributed by atoms with Crippen LogP contribution in [0.15, 0.2) is 23.1 Å². The molecule has 1 aromatic carbocycles. The van der Waals surface area contributed by atoms with Crippen LogP contribution in [0.5, 0.6) is 0 Å². The maximum atomic E-state index is 12.7. The van der Waals surface area contributed by atoms with Crippen LogP contribution in [0.25, 0.3) is 0 Å². The molecule has 1 N–H and O–H groups in total. The van der Waals surface area contributed by atoms with Crippen molar-refractivity contribution in [1.82, 2.24) is 9.62 Å². The molecule has 2 rings (SSSR count). The number of hydrogen-bond donors (Lipinski definition) is 1. The summed E-state index contributed by atoms with van der Waals surface area (Å²) in [7, 11) is -2.50. The molecule has 0 radical (unpaired) electrons. The van der Waals surface area contributed by atoms with Gasteiger partial charge in [-0.2, -0.15) is 4.31 Å². The number of nitrogens with one attached hydrogen (secondary N) is 1. The first kappa shape index (κ1) is 19.1. The lowest BCUT2D eigenvalue weighted by Gasteiger charge is -2.30. The molecule has 1 fully saturated rings. The van der Waals surface area contributed by atoms with Gasteiger partial charge < -0.3 is 5.32 Å². The van der Waals surface area contributed by atoms with Gasteiger partial charge in [0.25, 0.3) is 5.69 Å². The average molecular weight is 370 g/mol. The zero-order valence-corrected chi connectivity index (χ0v) is 14.2. The fourth-order valence-electron chi connectivity index (χ4n) is 2.37. The summed E-state index contributed by atoms with van der Waals surface area (Å²) in [5.74, 6) is 0. The Hall–Kier alpha value is -0.930. The van der Waals surface area contributed by atoms with E-state index in [1.54, 1.807) is 0 Å². The molecule has 1 aliphatic rings. The molecule has 1 heterocycles. The van der Waals surface area contributed by atoms with Crippen LogP contribution in [0.3, 0.4) is 0 Å². The van der Waals surface area contributed by atoms with Crippen LogP contribution in [0.1, 0.15) is 12.8 Å². The van der Waals surface area contributed by atoms with Gasteiger partial charge in [0.1, 0.15) is 0 Å². The van der Waals surface area contributed by atoms with Gasteiger partial charge in [0.05, 0.1) is 4.92 Å². The van der Waals surface area contributed by atoms with E-state index in [1.807, 2.05) is 0 Å². The molecule has 0 aliphatic carbocycles. The monoisotopic (exact) mass is 369 g/mol. The number of sulfonamides is 1. The Labute approximate surface area is 140 Å². The molecule has 22 heavy (non-hydrogen) atoms. The van der Waals surface area contributed by atoms with E-state index in [0.717, 1.165) is 25.2 Å². The zero-order valence-electron chi connectivity index (χ0n) is 11.9. The van der Waals surface area contributed by atoms with Gasteiger partial charge in [-0.15, -0.1) is 12.4 Å². The van der Waals surface area contributed by atoms with Crippen molar-refractivity contribution in [3.05, 3.63) is 33.3 Å². The molecule has 0 saturated carbocycles. The lowest BCUT2D eigenvalue weighted by atomic mass is 10.1. The number of nitrogens with zero attached hydrogens (tertiary/aromatic N) is 2.